The summed E-state index contributed by atoms with van der Waals surface area (Å²) in [5, 5.41) is 2.64. The van der Waals surface area contributed by atoms with Crippen LogP contribution in [0.4, 0.5) is 0 Å². The highest BCUT2D eigenvalue weighted by molar-refractivity contribution is 5.80. The van der Waals surface area contributed by atoms with Crippen molar-refractivity contribution in [3.63, 3.8) is 0 Å². The number of hydrogen-bond donors (Lipinski definition) is 2. The molecule has 1 amide bonds. The van der Waals surface area contributed by atoms with Crippen LogP contribution in [0, 0.1) is 0 Å². The van der Waals surface area contributed by atoms with Crippen molar-refractivity contribution in [3.05, 3.63) is 0 Å². The number of amides is 1. The van der Waals surface area contributed by atoms with E-state index in [2.05, 4.69) is 17.2 Å². The standard InChI is InChI=1S/C8H17N3O/c1-3-4-8(9)11-6-5-10-7(2)12/h3-6H2,1-2H3,(H2,9,11)(H,10,12). The summed E-state index contributed by atoms with van der Waals surface area (Å²) in [6.07, 6.45) is 1.84. The molecule has 0 unspecified atom stereocenters. The van der Waals surface area contributed by atoms with E-state index in [9.17, 15) is 4.79 Å². The van der Waals surface area contributed by atoms with Crippen molar-refractivity contribution in [2.75, 3.05) is 13.1 Å². The van der Waals surface area contributed by atoms with Crippen molar-refractivity contribution in [2.45, 2.75) is 26.7 Å². The normalized spacial score (nSPS) is 11.3. The molecular formula is C8H17N3O. The minimum atomic E-state index is -0.0285. The van der Waals surface area contributed by atoms with Gasteiger partial charge in [-0.3, -0.25) is 9.79 Å². The maximum absolute atomic E-state index is 10.4. The Morgan fingerprint density at radius 2 is 2.25 bits per heavy atom. The molecule has 0 aliphatic carbocycles. The van der Waals surface area contributed by atoms with Gasteiger partial charge in [-0.1, -0.05) is 6.92 Å². The first-order valence-electron chi connectivity index (χ1n) is 4.20. The Bertz CT molecular complexity index is 166. The van der Waals surface area contributed by atoms with Crippen molar-refractivity contribution < 1.29 is 4.79 Å². The lowest BCUT2D eigenvalue weighted by Gasteiger charge is -1.99. The van der Waals surface area contributed by atoms with Gasteiger partial charge in [0.1, 0.15) is 0 Å². The van der Waals surface area contributed by atoms with E-state index in [1.807, 2.05) is 0 Å². The maximum atomic E-state index is 10.4. The van der Waals surface area contributed by atoms with Crippen LogP contribution < -0.4 is 11.1 Å². The first kappa shape index (κ1) is 10.9. The highest BCUT2D eigenvalue weighted by atomic mass is 16.1. The molecule has 0 radical (unpaired) electrons. The zero-order valence-electron chi connectivity index (χ0n) is 7.76. The zero-order chi connectivity index (χ0) is 9.40. The number of rotatable bonds is 5. The summed E-state index contributed by atoms with van der Waals surface area (Å²) < 4.78 is 0. The average Bonchev–Trinajstić information content (AvgIpc) is 1.98. The molecule has 0 bridgehead atoms. The van der Waals surface area contributed by atoms with Crippen LogP contribution >= 0.6 is 0 Å². The first-order valence-corrected chi connectivity index (χ1v) is 4.20. The van der Waals surface area contributed by atoms with Crippen LogP contribution in [0.25, 0.3) is 0 Å². The van der Waals surface area contributed by atoms with E-state index < -0.39 is 0 Å². The van der Waals surface area contributed by atoms with E-state index in [1.54, 1.807) is 0 Å². The molecular weight excluding hydrogens is 154 g/mol. The fourth-order valence-electron chi connectivity index (χ4n) is 0.767. The predicted octanol–water partition coefficient (Wildman–Crippen LogP) is 0.280. The lowest BCUT2D eigenvalue weighted by molar-refractivity contribution is -0.118. The minimum absolute atomic E-state index is 0.0285. The Labute approximate surface area is 73.2 Å². The van der Waals surface area contributed by atoms with Crippen LogP contribution in [0.2, 0.25) is 0 Å². The maximum Gasteiger partial charge on any atom is 0.216 e. The SMILES string of the molecule is CCCC(N)=NCCNC(C)=O. The average molecular weight is 171 g/mol. The Balaban J connectivity index is 3.39. The largest absolute Gasteiger partial charge is 0.387 e. The Morgan fingerprint density at radius 3 is 2.75 bits per heavy atom. The molecule has 0 aromatic heterocycles. The molecule has 0 aliphatic heterocycles. The van der Waals surface area contributed by atoms with Crippen molar-refractivity contribution in [3.8, 4) is 0 Å². The van der Waals surface area contributed by atoms with Gasteiger partial charge in [-0.15, -0.1) is 0 Å². The summed E-state index contributed by atoms with van der Waals surface area (Å²) in [6.45, 7) is 4.68. The van der Waals surface area contributed by atoms with Crippen molar-refractivity contribution in [1.29, 1.82) is 0 Å². The Morgan fingerprint density at radius 1 is 1.58 bits per heavy atom. The molecule has 0 heterocycles. The van der Waals surface area contributed by atoms with Gasteiger partial charge in [0.2, 0.25) is 5.91 Å². The molecule has 0 spiro atoms. The summed E-state index contributed by atoms with van der Waals surface area (Å²) in [5.74, 6) is 0.641. The van der Waals surface area contributed by atoms with E-state index in [1.165, 1.54) is 6.92 Å². The number of nitrogens with one attached hydrogen (secondary N) is 1. The smallest absolute Gasteiger partial charge is 0.216 e. The molecule has 12 heavy (non-hydrogen) atoms. The van der Waals surface area contributed by atoms with Crippen molar-refractivity contribution in [2.24, 2.45) is 10.7 Å². The molecule has 4 heteroatoms. The highest BCUT2D eigenvalue weighted by Gasteiger charge is 1.90. The van der Waals surface area contributed by atoms with Gasteiger partial charge in [-0.25, -0.2) is 0 Å². The second-order valence-electron chi connectivity index (χ2n) is 2.61. The zero-order valence-corrected chi connectivity index (χ0v) is 7.76. The van der Waals surface area contributed by atoms with Gasteiger partial charge in [0.15, 0.2) is 0 Å². The molecule has 0 atom stereocenters. The third-order valence-electron chi connectivity index (χ3n) is 1.31. The fourth-order valence-corrected chi connectivity index (χ4v) is 0.767. The van der Waals surface area contributed by atoms with Gasteiger partial charge in [0.05, 0.1) is 12.4 Å². The first-order chi connectivity index (χ1) is 5.66. The molecule has 0 rings (SSSR count). The molecule has 0 aliphatic rings. The van der Waals surface area contributed by atoms with Crippen LogP contribution in [0.15, 0.2) is 4.99 Å². The molecule has 3 N–H and O–H groups in total. The van der Waals surface area contributed by atoms with E-state index in [0.29, 0.717) is 18.9 Å². The Kier molecular flexibility index (Phi) is 6.05. The lowest BCUT2D eigenvalue weighted by atomic mass is 10.3. The van der Waals surface area contributed by atoms with Gasteiger partial charge in [-0.2, -0.15) is 0 Å². The molecule has 70 valence electrons. The van der Waals surface area contributed by atoms with E-state index in [4.69, 9.17) is 5.73 Å². The summed E-state index contributed by atoms with van der Waals surface area (Å²) in [4.78, 5) is 14.5. The van der Waals surface area contributed by atoms with E-state index >= 15 is 0 Å². The summed E-state index contributed by atoms with van der Waals surface area (Å²) >= 11 is 0. The van der Waals surface area contributed by atoms with Crippen LogP contribution in [0.5, 0.6) is 0 Å². The van der Waals surface area contributed by atoms with E-state index in [0.717, 1.165) is 12.8 Å². The van der Waals surface area contributed by atoms with Crippen LogP contribution in [-0.4, -0.2) is 24.8 Å². The van der Waals surface area contributed by atoms with Crippen LogP contribution in [-0.2, 0) is 4.79 Å². The predicted molar refractivity (Wildman–Crippen MR) is 50.1 cm³/mol. The number of nitrogens with zero attached hydrogens (tertiary/aromatic N) is 1. The second-order valence-corrected chi connectivity index (χ2v) is 2.61. The van der Waals surface area contributed by atoms with Gasteiger partial charge in [0.25, 0.3) is 0 Å². The number of carbonyl (C=O) groups is 1. The van der Waals surface area contributed by atoms with Crippen molar-refractivity contribution in [1.82, 2.24) is 5.32 Å². The number of aliphatic imine (C=N–C) groups is 1. The summed E-state index contributed by atoms with van der Waals surface area (Å²) in [5.41, 5.74) is 5.54. The van der Waals surface area contributed by atoms with Crippen LogP contribution in [0.1, 0.15) is 26.7 Å². The molecule has 0 aromatic rings. The van der Waals surface area contributed by atoms with Gasteiger partial charge in [-0.05, 0) is 6.42 Å². The number of carbonyl (C=O) groups excluding carboxylic acids is 1. The topological polar surface area (TPSA) is 67.5 Å². The molecule has 0 fully saturated rings. The van der Waals surface area contributed by atoms with Gasteiger partial charge < -0.3 is 11.1 Å². The minimum Gasteiger partial charge on any atom is -0.387 e. The van der Waals surface area contributed by atoms with Crippen molar-refractivity contribution >= 4 is 11.7 Å². The summed E-state index contributed by atoms with van der Waals surface area (Å²) in [6, 6.07) is 0. The molecule has 4 nitrogen and oxygen atoms in total. The highest BCUT2D eigenvalue weighted by Crippen LogP contribution is 1.85. The number of hydrogen-bond acceptors (Lipinski definition) is 2. The molecule has 0 saturated carbocycles. The molecule has 0 saturated heterocycles. The van der Waals surface area contributed by atoms with Crippen LogP contribution in [0.3, 0.4) is 0 Å². The third kappa shape index (κ3) is 7.05. The quantitative estimate of drug-likeness (QED) is 0.354. The fraction of sp³-hybridized carbons (Fsp3) is 0.750. The molecule has 0 aromatic carbocycles. The number of nitrogens with two attached hydrogens (primary N) is 1. The van der Waals surface area contributed by atoms with Gasteiger partial charge in [0, 0.05) is 19.9 Å². The van der Waals surface area contributed by atoms with Gasteiger partial charge >= 0.3 is 0 Å². The number of amidine groups is 1. The second kappa shape index (κ2) is 6.64. The monoisotopic (exact) mass is 171 g/mol. The third-order valence-corrected chi connectivity index (χ3v) is 1.31. The summed E-state index contributed by atoms with van der Waals surface area (Å²) in [7, 11) is 0. The van der Waals surface area contributed by atoms with E-state index in [-0.39, 0.29) is 5.91 Å². The Hall–Kier alpha value is -1.06. The lowest BCUT2D eigenvalue weighted by Crippen LogP contribution is -2.24.